The Balaban J connectivity index is 1.67. The number of pyridine rings is 1. The van der Waals surface area contributed by atoms with Crippen LogP contribution >= 0.6 is 0 Å². The number of carbonyl (C=O) groups excluding carboxylic acids is 1. The highest BCUT2D eigenvalue weighted by Crippen LogP contribution is 2.22. The summed E-state index contributed by atoms with van der Waals surface area (Å²) >= 11 is 0. The Bertz CT molecular complexity index is 1210. The SMILES string of the molecule is Cc1cc(C#N)cc(C(=O)Nc2ccc3cnn(-c4cnn(C)c4)c3c2)n1. The van der Waals surface area contributed by atoms with Crippen LogP contribution in [-0.4, -0.2) is 30.5 Å². The van der Waals surface area contributed by atoms with Crippen LogP contribution in [0.15, 0.2) is 48.9 Å². The van der Waals surface area contributed by atoms with E-state index >= 15 is 0 Å². The molecule has 27 heavy (non-hydrogen) atoms. The number of amides is 1. The first kappa shape index (κ1) is 16.5. The van der Waals surface area contributed by atoms with Crippen molar-refractivity contribution in [3.05, 3.63) is 65.9 Å². The summed E-state index contributed by atoms with van der Waals surface area (Å²) in [5.41, 5.74) is 3.50. The van der Waals surface area contributed by atoms with Crippen LogP contribution in [-0.2, 0) is 7.05 Å². The molecule has 8 nitrogen and oxygen atoms in total. The Morgan fingerprint density at radius 2 is 2.04 bits per heavy atom. The van der Waals surface area contributed by atoms with Gasteiger partial charge in [-0.05, 0) is 37.3 Å². The van der Waals surface area contributed by atoms with Gasteiger partial charge < -0.3 is 5.32 Å². The fourth-order valence-corrected chi connectivity index (χ4v) is 2.86. The minimum absolute atomic E-state index is 0.201. The number of aromatic nitrogens is 5. The normalized spacial score (nSPS) is 10.7. The molecule has 0 fully saturated rings. The largest absolute Gasteiger partial charge is 0.321 e. The van der Waals surface area contributed by atoms with Gasteiger partial charge in [-0.1, -0.05) is 0 Å². The molecule has 0 bridgehead atoms. The highest BCUT2D eigenvalue weighted by atomic mass is 16.1. The fourth-order valence-electron chi connectivity index (χ4n) is 2.86. The predicted octanol–water partition coefficient (Wildman–Crippen LogP) is 2.59. The lowest BCUT2D eigenvalue weighted by Crippen LogP contribution is -2.14. The maximum Gasteiger partial charge on any atom is 0.274 e. The Labute approximate surface area is 154 Å². The van der Waals surface area contributed by atoms with Crippen molar-refractivity contribution in [1.29, 1.82) is 5.26 Å². The molecule has 0 radical (unpaired) electrons. The van der Waals surface area contributed by atoms with Crippen molar-refractivity contribution in [2.75, 3.05) is 5.32 Å². The lowest BCUT2D eigenvalue weighted by Gasteiger charge is -2.07. The first-order valence-corrected chi connectivity index (χ1v) is 8.20. The molecule has 0 saturated carbocycles. The molecule has 8 heteroatoms. The summed E-state index contributed by atoms with van der Waals surface area (Å²) in [6.45, 7) is 1.75. The number of rotatable bonds is 3. The topological polar surface area (TPSA) is 101 Å². The van der Waals surface area contributed by atoms with Crippen molar-refractivity contribution in [2.45, 2.75) is 6.92 Å². The molecule has 4 aromatic rings. The van der Waals surface area contributed by atoms with Gasteiger partial charge >= 0.3 is 0 Å². The number of nitrogens with zero attached hydrogens (tertiary/aromatic N) is 6. The van der Waals surface area contributed by atoms with Gasteiger partial charge in [0.05, 0.1) is 35.7 Å². The number of hydrogen-bond acceptors (Lipinski definition) is 5. The first-order chi connectivity index (χ1) is 13.0. The van der Waals surface area contributed by atoms with E-state index in [-0.39, 0.29) is 11.6 Å². The van der Waals surface area contributed by atoms with Gasteiger partial charge in [-0.25, -0.2) is 9.67 Å². The summed E-state index contributed by atoms with van der Waals surface area (Å²) in [4.78, 5) is 16.8. The number of nitrogens with one attached hydrogen (secondary N) is 1. The van der Waals surface area contributed by atoms with Gasteiger partial charge in [-0.3, -0.25) is 9.48 Å². The van der Waals surface area contributed by atoms with Crippen LogP contribution in [0.4, 0.5) is 5.69 Å². The maximum absolute atomic E-state index is 12.5. The molecule has 0 aliphatic heterocycles. The number of hydrogen-bond donors (Lipinski definition) is 1. The van der Waals surface area contributed by atoms with E-state index in [2.05, 4.69) is 20.5 Å². The fraction of sp³-hybridized carbons (Fsp3) is 0.105. The van der Waals surface area contributed by atoms with E-state index in [1.54, 1.807) is 40.8 Å². The van der Waals surface area contributed by atoms with Gasteiger partial charge in [0, 0.05) is 23.8 Å². The minimum atomic E-state index is -0.373. The van der Waals surface area contributed by atoms with Gasteiger partial charge in [-0.15, -0.1) is 0 Å². The van der Waals surface area contributed by atoms with Crippen LogP contribution in [0, 0.1) is 18.3 Å². The highest BCUT2D eigenvalue weighted by Gasteiger charge is 2.12. The minimum Gasteiger partial charge on any atom is -0.321 e. The Hall–Kier alpha value is -3.99. The molecule has 132 valence electrons. The number of carbonyl (C=O) groups is 1. The van der Waals surface area contributed by atoms with Gasteiger partial charge in [-0.2, -0.15) is 15.5 Å². The zero-order chi connectivity index (χ0) is 19.0. The van der Waals surface area contributed by atoms with Crippen molar-refractivity contribution in [1.82, 2.24) is 24.5 Å². The monoisotopic (exact) mass is 357 g/mol. The molecule has 3 aromatic heterocycles. The number of aryl methyl sites for hydroxylation is 2. The molecule has 0 spiro atoms. The van der Waals surface area contributed by atoms with Crippen molar-refractivity contribution in [3.8, 4) is 11.8 Å². The Morgan fingerprint density at radius 3 is 2.78 bits per heavy atom. The summed E-state index contributed by atoms with van der Waals surface area (Å²) in [5, 5.41) is 21.4. The molecule has 0 aliphatic rings. The van der Waals surface area contributed by atoms with Gasteiger partial charge in [0.1, 0.15) is 11.4 Å². The average Bonchev–Trinajstić information content (AvgIpc) is 3.26. The Morgan fingerprint density at radius 1 is 1.19 bits per heavy atom. The van der Waals surface area contributed by atoms with Gasteiger partial charge in [0.15, 0.2) is 0 Å². The van der Waals surface area contributed by atoms with E-state index in [9.17, 15) is 4.79 Å². The molecular formula is C19H15N7O. The third-order valence-corrected chi connectivity index (χ3v) is 4.08. The van der Waals surface area contributed by atoms with E-state index in [4.69, 9.17) is 5.26 Å². The van der Waals surface area contributed by atoms with Crippen LogP contribution in [0.3, 0.4) is 0 Å². The van der Waals surface area contributed by atoms with Crippen molar-refractivity contribution in [2.24, 2.45) is 7.05 Å². The van der Waals surface area contributed by atoms with E-state index in [1.807, 2.05) is 31.4 Å². The lowest BCUT2D eigenvalue weighted by atomic mass is 10.2. The highest BCUT2D eigenvalue weighted by molar-refractivity contribution is 6.04. The first-order valence-electron chi connectivity index (χ1n) is 8.20. The molecule has 0 aliphatic carbocycles. The number of benzene rings is 1. The Kier molecular flexibility index (Phi) is 3.90. The second-order valence-corrected chi connectivity index (χ2v) is 6.15. The summed E-state index contributed by atoms with van der Waals surface area (Å²) in [6.07, 6.45) is 5.34. The maximum atomic E-state index is 12.5. The number of nitriles is 1. The van der Waals surface area contributed by atoms with Crippen LogP contribution < -0.4 is 5.32 Å². The molecular weight excluding hydrogens is 342 g/mol. The van der Waals surface area contributed by atoms with Crippen molar-refractivity contribution in [3.63, 3.8) is 0 Å². The van der Waals surface area contributed by atoms with E-state index in [1.165, 1.54) is 6.07 Å². The third kappa shape index (κ3) is 3.14. The van der Waals surface area contributed by atoms with E-state index in [0.29, 0.717) is 16.9 Å². The van der Waals surface area contributed by atoms with Gasteiger partial charge in [0.25, 0.3) is 5.91 Å². The van der Waals surface area contributed by atoms with E-state index < -0.39 is 0 Å². The third-order valence-electron chi connectivity index (χ3n) is 4.08. The molecule has 3 heterocycles. The summed E-state index contributed by atoms with van der Waals surface area (Å²) in [7, 11) is 1.84. The summed E-state index contributed by atoms with van der Waals surface area (Å²) in [5.74, 6) is -0.373. The van der Waals surface area contributed by atoms with Crippen LogP contribution in [0.25, 0.3) is 16.6 Å². The molecule has 1 N–H and O–H groups in total. The molecule has 1 aromatic carbocycles. The number of fused-ring (bicyclic) bond motifs is 1. The zero-order valence-electron chi connectivity index (χ0n) is 14.7. The van der Waals surface area contributed by atoms with Gasteiger partial charge in [0.2, 0.25) is 0 Å². The second-order valence-electron chi connectivity index (χ2n) is 6.15. The van der Waals surface area contributed by atoms with Crippen molar-refractivity contribution >= 4 is 22.5 Å². The second kappa shape index (κ2) is 6.38. The zero-order valence-corrected chi connectivity index (χ0v) is 14.7. The lowest BCUT2D eigenvalue weighted by molar-refractivity contribution is 0.102. The molecule has 4 rings (SSSR count). The molecule has 0 unspecified atom stereocenters. The van der Waals surface area contributed by atoms with Crippen LogP contribution in [0.5, 0.6) is 0 Å². The average molecular weight is 357 g/mol. The molecule has 1 amide bonds. The van der Waals surface area contributed by atoms with Crippen molar-refractivity contribution < 1.29 is 4.79 Å². The van der Waals surface area contributed by atoms with Crippen LogP contribution in [0.1, 0.15) is 21.7 Å². The quantitative estimate of drug-likeness (QED) is 0.607. The molecule has 0 atom stereocenters. The predicted molar refractivity (Wildman–Crippen MR) is 99.5 cm³/mol. The standard InChI is InChI=1S/C19H15N7O/c1-12-5-13(8-20)6-17(23-12)19(27)24-15-4-3-14-9-22-26(18(14)7-15)16-10-21-25(2)11-16/h3-7,9-11H,1-2H3,(H,24,27). The summed E-state index contributed by atoms with van der Waals surface area (Å²) in [6, 6.07) is 10.7. The smallest absolute Gasteiger partial charge is 0.274 e. The molecule has 0 saturated heterocycles. The number of anilines is 1. The van der Waals surface area contributed by atoms with Crippen LogP contribution in [0.2, 0.25) is 0 Å². The van der Waals surface area contributed by atoms with E-state index in [0.717, 1.165) is 16.6 Å². The summed E-state index contributed by atoms with van der Waals surface area (Å²) < 4.78 is 3.46.